The van der Waals surface area contributed by atoms with Crippen molar-refractivity contribution >= 4 is 23.5 Å². The highest BCUT2D eigenvalue weighted by Crippen LogP contribution is 2.33. The fraction of sp³-hybridized carbons (Fsp3) is 0.0909. The fourth-order valence-corrected chi connectivity index (χ4v) is 4.17. The number of aromatic nitrogens is 3. The molecule has 0 bridgehead atoms. The number of imidazole rings is 1. The van der Waals surface area contributed by atoms with Crippen LogP contribution in [0.3, 0.4) is 0 Å². The second-order valence-electron chi connectivity index (χ2n) is 6.15. The molecule has 4 aromatic rings. The first kappa shape index (κ1) is 18.8. The lowest BCUT2D eigenvalue weighted by atomic mass is 10.1. The molecule has 6 heteroatoms. The molecule has 0 saturated heterocycles. The zero-order valence-electron chi connectivity index (χ0n) is 15.2. The lowest BCUT2D eigenvalue weighted by molar-refractivity contribution is 0.628. The maximum atomic E-state index is 13.4. The topological polar surface area (TPSA) is 41.6 Å². The molecule has 0 amide bonds. The Bertz CT molecular complexity index is 1060. The van der Waals surface area contributed by atoms with E-state index in [4.69, 9.17) is 4.98 Å². The van der Waals surface area contributed by atoms with Crippen molar-refractivity contribution in [3.8, 4) is 22.5 Å². The van der Waals surface area contributed by atoms with E-state index in [0.29, 0.717) is 0 Å². The number of nitrogens with one attached hydrogen (secondary N) is 1. The van der Waals surface area contributed by atoms with Crippen molar-refractivity contribution in [2.75, 3.05) is 6.26 Å². The predicted octanol–water partition coefficient (Wildman–Crippen LogP) is 6.29. The zero-order chi connectivity index (χ0) is 19.3. The van der Waals surface area contributed by atoms with Crippen LogP contribution in [0.1, 0.15) is 5.56 Å². The zero-order valence-corrected chi connectivity index (χ0v) is 16.9. The van der Waals surface area contributed by atoms with Crippen molar-refractivity contribution in [3.63, 3.8) is 0 Å². The summed E-state index contributed by atoms with van der Waals surface area (Å²) >= 11 is 3.39. The molecular formula is C22H18FN3S2. The van der Waals surface area contributed by atoms with E-state index in [0.717, 1.165) is 33.4 Å². The lowest BCUT2D eigenvalue weighted by Gasteiger charge is -2.02. The van der Waals surface area contributed by atoms with Gasteiger partial charge < -0.3 is 4.98 Å². The second kappa shape index (κ2) is 8.63. The predicted molar refractivity (Wildman–Crippen MR) is 115 cm³/mol. The van der Waals surface area contributed by atoms with Gasteiger partial charge in [-0.2, -0.15) is 0 Å². The Morgan fingerprint density at radius 3 is 2.50 bits per heavy atom. The van der Waals surface area contributed by atoms with Gasteiger partial charge in [-0.3, -0.25) is 4.98 Å². The average molecular weight is 408 g/mol. The molecule has 1 N–H and O–H groups in total. The number of H-pyrrole nitrogens is 1. The summed E-state index contributed by atoms with van der Waals surface area (Å²) in [6.07, 6.45) is 5.59. The second-order valence-corrected chi connectivity index (χ2v) is 7.99. The molecule has 28 heavy (non-hydrogen) atoms. The summed E-state index contributed by atoms with van der Waals surface area (Å²) in [6, 6.07) is 18.8. The summed E-state index contributed by atoms with van der Waals surface area (Å²) in [7, 11) is 0. The number of rotatable bonds is 6. The van der Waals surface area contributed by atoms with Crippen molar-refractivity contribution in [2.45, 2.75) is 15.8 Å². The highest BCUT2D eigenvalue weighted by Gasteiger charge is 2.15. The first-order valence-electron chi connectivity index (χ1n) is 8.75. The van der Waals surface area contributed by atoms with Gasteiger partial charge in [-0.15, -0.1) is 11.8 Å². The Kier molecular flexibility index (Phi) is 5.78. The van der Waals surface area contributed by atoms with E-state index in [1.807, 2.05) is 12.1 Å². The molecule has 0 aliphatic rings. The number of nitrogens with zero attached hydrogens (tertiary/aromatic N) is 2. The Morgan fingerprint density at radius 2 is 1.75 bits per heavy atom. The number of thioether (sulfide) groups is 2. The Hall–Kier alpha value is -2.57. The van der Waals surface area contributed by atoms with Gasteiger partial charge in [0.25, 0.3) is 0 Å². The average Bonchev–Trinajstić information content (AvgIpc) is 3.18. The molecule has 0 unspecified atom stereocenters. The third kappa shape index (κ3) is 4.29. The smallest absolute Gasteiger partial charge is 0.166 e. The first-order valence-corrected chi connectivity index (χ1v) is 11.0. The molecule has 0 radical (unpaired) electrons. The van der Waals surface area contributed by atoms with Crippen molar-refractivity contribution in [1.82, 2.24) is 15.0 Å². The Morgan fingerprint density at radius 1 is 0.964 bits per heavy atom. The van der Waals surface area contributed by atoms with Crippen LogP contribution in [0.5, 0.6) is 0 Å². The van der Waals surface area contributed by atoms with Gasteiger partial charge in [-0.1, -0.05) is 23.9 Å². The Labute approximate surface area is 171 Å². The molecule has 2 aromatic carbocycles. The minimum absolute atomic E-state index is 0.256. The van der Waals surface area contributed by atoms with E-state index >= 15 is 0 Å². The molecule has 3 nitrogen and oxygen atoms in total. The summed E-state index contributed by atoms with van der Waals surface area (Å²) < 4.78 is 13.4. The molecule has 0 aliphatic carbocycles. The Balaban J connectivity index is 1.65. The number of halogens is 1. The summed E-state index contributed by atoms with van der Waals surface area (Å²) in [5, 5.41) is 0.834. The van der Waals surface area contributed by atoms with Gasteiger partial charge in [0.2, 0.25) is 0 Å². The summed E-state index contributed by atoms with van der Waals surface area (Å²) in [5.41, 5.74) is 4.85. The van der Waals surface area contributed by atoms with E-state index in [9.17, 15) is 4.39 Å². The van der Waals surface area contributed by atoms with Crippen LogP contribution in [0, 0.1) is 5.82 Å². The molecule has 0 atom stereocenters. The van der Waals surface area contributed by atoms with Crippen molar-refractivity contribution < 1.29 is 4.39 Å². The standard InChI is InChI=1S/C22H18FN3S2/c1-27-19-4-2-3-15(13-19)14-28-22-25-20(16-5-7-18(23)8-6-16)21(26-22)17-9-11-24-12-10-17/h2-13H,14H2,1H3,(H,25,26). The van der Waals surface area contributed by atoms with E-state index in [1.165, 1.54) is 22.6 Å². The van der Waals surface area contributed by atoms with E-state index in [2.05, 4.69) is 40.5 Å². The molecule has 4 rings (SSSR count). The van der Waals surface area contributed by atoms with Gasteiger partial charge in [0.05, 0.1) is 11.4 Å². The van der Waals surface area contributed by atoms with Gasteiger partial charge in [0.1, 0.15) is 5.82 Å². The van der Waals surface area contributed by atoms with Crippen LogP contribution in [-0.2, 0) is 5.75 Å². The number of aromatic amines is 1. The van der Waals surface area contributed by atoms with Crippen LogP contribution in [-0.4, -0.2) is 21.2 Å². The maximum Gasteiger partial charge on any atom is 0.166 e. The highest BCUT2D eigenvalue weighted by molar-refractivity contribution is 7.98. The van der Waals surface area contributed by atoms with Gasteiger partial charge >= 0.3 is 0 Å². The van der Waals surface area contributed by atoms with Crippen LogP contribution in [0.2, 0.25) is 0 Å². The largest absolute Gasteiger partial charge is 0.332 e. The van der Waals surface area contributed by atoms with Gasteiger partial charge in [-0.25, -0.2) is 9.37 Å². The van der Waals surface area contributed by atoms with E-state index in [-0.39, 0.29) is 5.82 Å². The van der Waals surface area contributed by atoms with Crippen LogP contribution >= 0.6 is 23.5 Å². The van der Waals surface area contributed by atoms with Crippen LogP contribution < -0.4 is 0 Å². The van der Waals surface area contributed by atoms with Crippen molar-refractivity contribution in [3.05, 3.63) is 84.4 Å². The SMILES string of the molecule is CSc1cccc(CSc2nc(-c3ccc(F)cc3)c(-c3ccncc3)[nH]2)c1. The first-order chi connectivity index (χ1) is 13.7. The van der Waals surface area contributed by atoms with Crippen LogP contribution in [0.15, 0.2) is 83.1 Å². The third-order valence-corrected chi connectivity index (χ3v) is 5.95. The maximum absolute atomic E-state index is 13.4. The van der Waals surface area contributed by atoms with Crippen LogP contribution in [0.25, 0.3) is 22.5 Å². The van der Waals surface area contributed by atoms with Gasteiger partial charge in [0.15, 0.2) is 5.16 Å². The van der Waals surface area contributed by atoms with Crippen LogP contribution in [0.4, 0.5) is 4.39 Å². The summed E-state index contributed by atoms with van der Waals surface area (Å²) in [4.78, 5) is 13.6. The van der Waals surface area contributed by atoms with Crippen molar-refractivity contribution in [1.29, 1.82) is 0 Å². The highest BCUT2D eigenvalue weighted by atomic mass is 32.2. The van der Waals surface area contributed by atoms with Gasteiger partial charge in [0, 0.05) is 34.2 Å². The van der Waals surface area contributed by atoms with E-state index < -0.39 is 0 Å². The molecule has 2 heterocycles. The molecule has 140 valence electrons. The third-order valence-electron chi connectivity index (χ3n) is 4.28. The molecule has 0 fully saturated rings. The van der Waals surface area contributed by atoms with Crippen molar-refractivity contribution in [2.24, 2.45) is 0 Å². The molecule has 0 aliphatic heterocycles. The number of benzene rings is 2. The monoisotopic (exact) mass is 407 g/mol. The number of hydrogen-bond acceptors (Lipinski definition) is 4. The number of pyridine rings is 1. The molecule has 2 aromatic heterocycles. The summed E-state index contributed by atoms with van der Waals surface area (Å²) in [6.45, 7) is 0. The molecular weight excluding hydrogens is 389 g/mol. The fourth-order valence-electron chi connectivity index (χ4n) is 2.88. The molecule has 0 spiro atoms. The number of hydrogen-bond donors (Lipinski definition) is 1. The quantitative estimate of drug-likeness (QED) is 0.381. The summed E-state index contributed by atoms with van der Waals surface area (Å²) in [5.74, 6) is 0.564. The van der Waals surface area contributed by atoms with E-state index in [1.54, 1.807) is 48.1 Å². The minimum Gasteiger partial charge on any atom is -0.332 e. The lowest BCUT2D eigenvalue weighted by Crippen LogP contribution is -1.84. The van der Waals surface area contributed by atoms with Gasteiger partial charge in [-0.05, 0) is 60.4 Å². The normalized spacial score (nSPS) is 10.9. The molecule has 0 saturated carbocycles. The minimum atomic E-state index is -0.256.